The summed E-state index contributed by atoms with van der Waals surface area (Å²) in [4.78, 5) is 55.1. The summed E-state index contributed by atoms with van der Waals surface area (Å²) in [5.41, 5.74) is 1.51. The molecule has 3 atom stereocenters. The normalized spacial score (nSPS) is 19.6. The van der Waals surface area contributed by atoms with Crippen LogP contribution in [-0.2, 0) is 20.9 Å². The van der Waals surface area contributed by atoms with Crippen molar-refractivity contribution < 1.29 is 23.5 Å². The minimum absolute atomic E-state index is 0.291. The maximum atomic E-state index is 13.9. The third-order valence-corrected chi connectivity index (χ3v) is 9.89. The van der Waals surface area contributed by atoms with Crippen molar-refractivity contribution in [2.45, 2.75) is 22.7 Å². The van der Waals surface area contributed by atoms with Crippen LogP contribution in [0.1, 0.15) is 16.4 Å². The van der Waals surface area contributed by atoms with Gasteiger partial charge in [-0.15, -0.1) is 0 Å². The van der Waals surface area contributed by atoms with Crippen molar-refractivity contribution in [1.82, 2.24) is 4.57 Å². The summed E-state index contributed by atoms with van der Waals surface area (Å²) >= 11 is 8.05. The summed E-state index contributed by atoms with van der Waals surface area (Å²) < 4.78 is 20.3. The lowest BCUT2D eigenvalue weighted by atomic mass is 9.83. The topological polar surface area (TPSA) is 97.7 Å². The molecule has 1 N–H and O–H groups in total. The van der Waals surface area contributed by atoms with Gasteiger partial charge in [-0.2, -0.15) is 0 Å². The number of hydrogen-bond donors (Lipinski definition) is 1. The van der Waals surface area contributed by atoms with Crippen molar-refractivity contribution in [2.75, 3.05) is 17.3 Å². The Hall–Kier alpha value is -3.93. The van der Waals surface area contributed by atoms with Crippen molar-refractivity contribution in [3.8, 4) is 5.75 Å². The van der Waals surface area contributed by atoms with Crippen LogP contribution in [0.4, 0.5) is 15.8 Å². The van der Waals surface area contributed by atoms with Crippen LogP contribution in [0.5, 0.6) is 5.75 Å². The predicted molar refractivity (Wildman–Crippen MR) is 156 cm³/mol. The average molecular weight is 610 g/mol. The second kappa shape index (κ2) is 10.8. The van der Waals surface area contributed by atoms with E-state index in [-0.39, 0.29) is 6.54 Å². The molecule has 1 aromatic heterocycles. The van der Waals surface area contributed by atoms with Gasteiger partial charge >= 0.3 is 4.87 Å². The number of carbonyl (C=O) groups is 3. The minimum atomic E-state index is -0.856. The zero-order valence-electron chi connectivity index (χ0n) is 21.4. The summed E-state index contributed by atoms with van der Waals surface area (Å²) in [6, 6.07) is 18.8. The number of aromatic nitrogens is 1. The first kappa shape index (κ1) is 27.3. The van der Waals surface area contributed by atoms with Gasteiger partial charge in [0.15, 0.2) is 0 Å². The first-order valence-corrected chi connectivity index (χ1v) is 14.6. The Bertz CT molecular complexity index is 1720. The Balaban J connectivity index is 1.38. The number of hydrogen-bond acceptors (Lipinski definition) is 7. The van der Waals surface area contributed by atoms with E-state index in [1.807, 2.05) is 0 Å². The van der Waals surface area contributed by atoms with Crippen LogP contribution in [0, 0.1) is 11.7 Å². The fourth-order valence-corrected chi connectivity index (χ4v) is 8.05. The minimum Gasteiger partial charge on any atom is -0.497 e. The van der Waals surface area contributed by atoms with Crippen LogP contribution in [0.15, 0.2) is 82.6 Å². The highest BCUT2D eigenvalue weighted by Crippen LogP contribution is 2.53. The molecule has 208 valence electrons. The molecule has 2 aliphatic heterocycles. The van der Waals surface area contributed by atoms with Gasteiger partial charge in [0.05, 0.1) is 23.7 Å². The van der Waals surface area contributed by atoms with E-state index in [1.165, 1.54) is 16.7 Å². The number of nitrogens with one attached hydrogen (secondary N) is 1. The molecular formula is C29H21ClFN3O5S2. The zero-order chi connectivity index (χ0) is 28.8. The molecule has 2 unspecified atom stereocenters. The number of imide groups is 1. The van der Waals surface area contributed by atoms with E-state index < -0.39 is 45.5 Å². The zero-order valence-corrected chi connectivity index (χ0v) is 23.8. The Kier molecular flexibility index (Phi) is 7.18. The fourth-order valence-electron chi connectivity index (χ4n) is 5.15. The third-order valence-electron chi connectivity index (χ3n) is 7.04. The lowest BCUT2D eigenvalue weighted by Crippen LogP contribution is -2.33. The number of thiazole rings is 1. The van der Waals surface area contributed by atoms with Gasteiger partial charge in [-0.05, 0) is 66.2 Å². The molecule has 4 aromatic rings. The summed E-state index contributed by atoms with van der Waals surface area (Å²) in [6.45, 7) is -0.291. The Morgan fingerprint density at radius 3 is 2.32 bits per heavy atom. The van der Waals surface area contributed by atoms with Gasteiger partial charge in [-0.3, -0.25) is 23.7 Å². The first-order chi connectivity index (χ1) is 19.7. The molecule has 0 aliphatic carbocycles. The number of amides is 3. The number of thioether (sulfide) groups is 1. The van der Waals surface area contributed by atoms with Gasteiger partial charge < -0.3 is 10.1 Å². The van der Waals surface area contributed by atoms with Gasteiger partial charge in [0.25, 0.3) is 0 Å². The molecule has 8 nitrogen and oxygen atoms in total. The number of methoxy groups -OCH3 is 1. The van der Waals surface area contributed by atoms with Crippen molar-refractivity contribution in [1.29, 1.82) is 0 Å². The summed E-state index contributed by atoms with van der Waals surface area (Å²) in [5.74, 6) is -2.62. The molecule has 41 heavy (non-hydrogen) atoms. The Morgan fingerprint density at radius 1 is 0.976 bits per heavy atom. The second-order valence-electron chi connectivity index (χ2n) is 9.48. The van der Waals surface area contributed by atoms with Crippen molar-refractivity contribution in [3.05, 3.63) is 104 Å². The lowest BCUT2D eigenvalue weighted by Gasteiger charge is -2.30. The van der Waals surface area contributed by atoms with Crippen molar-refractivity contribution in [3.63, 3.8) is 0 Å². The van der Waals surface area contributed by atoms with Gasteiger partial charge in [-0.25, -0.2) is 9.29 Å². The van der Waals surface area contributed by atoms with E-state index in [4.69, 9.17) is 16.3 Å². The lowest BCUT2D eigenvalue weighted by molar-refractivity contribution is -0.122. The quantitative estimate of drug-likeness (QED) is 0.304. The van der Waals surface area contributed by atoms with Crippen LogP contribution >= 0.6 is 34.7 Å². The number of fused-ring (bicyclic) bond motifs is 2. The fraction of sp³-hybridized carbons (Fsp3) is 0.172. The Labute approximate surface area is 246 Å². The number of benzene rings is 3. The molecule has 3 amide bonds. The van der Waals surface area contributed by atoms with Crippen LogP contribution in [-0.4, -0.2) is 34.6 Å². The molecule has 1 saturated heterocycles. The smallest absolute Gasteiger partial charge is 0.308 e. The second-order valence-corrected chi connectivity index (χ2v) is 12.0. The van der Waals surface area contributed by atoms with Crippen LogP contribution in [0.2, 0.25) is 5.02 Å². The Morgan fingerprint density at radius 2 is 1.66 bits per heavy atom. The summed E-state index contributed by atoms with van der Waals surface area (Å²) in [5, 5.41) is 2.82. The molecular weight excluding hydrogens is 589 g/mol. The summed E-state index contributed by atoms with van der Waals surface area (Å²) in [6.07, 6.45) is 0. The van der Waals surface area contributed by atoms with E-state index in [2.05, 4.69) is 5.32 Å². The van der Waals surface area contributed by atoms with Crippen LogP contribution in [0.3, 0.4) is 0 Å². The SMILES string of the molecule is COc1ccc(NC(=O)Cn2c3c(sc2=O)[C@@H](c2ccc(F)cc2)C2C(=O)N(c4ccc(Cl)cc4)C(=O)C2S3)cc1. The molecule has 3 aromatic carbocycles. The molecule has 0 bridgehead atoms. The van der Waals surface area contributed by atoms with E-state index in [0.29, 0.717) is 37.6 Å². The van der Waals surface area contributed by atoms with Gasteiger partial charge in [-0.1, -0.05) is 46.8 Å². The highest BCUT2D eigenvalue weighted by atomic mass is 35.5. The molecule has 2 aliphatic rings. The van der Waals surface area contributed by atoms with Gasteiger partial charge in [0.2, 0.25) is 17.7 Å². The maximum absolute atomic E-state index is 13.9. The van der Waals surface area contributed by atoms with Crippen LogP contribution in [0.25, 0.3) is 0 Å². The molecule has 3 heterocycles. The number of ether oxygens (including phenoxy) is 1. The molecule has 0 radical (unpaired) electrons. The molecule has 1 fully saturated rings. The number of rotatable bonds is 6. The van der Waals surface area contributed by atoms with Crippen molar-refractivity contribution in [2.24, 2.45) is 5.92 Å². The summed E-state index contributed by atoms with van der Waals surface area (Å²) in [7, 11) is 1.54. The first-order valence-electron chi connectivity index (χ1n) is 12.5. The number of halogens is 2. The van der Waals surface area contributed by atoms with Gasteiger partial charge in [0, 0.05) is 21.5 Å². The molecule has 0 saturated carbocycles. The average Bonchev–Trinajstić information content (AvgIpc) is 3.40. The monoisotopic (exact) mass is 609 g/mol. The van der Waals surface area contributed by atoms with Crippen molar-refractivity contribution >= 4 is 63.8 Å². The molecule has 0 spiro atoms. The maximum Gasteiger partial charge on any atom is 0.308 e. The largest absolute Gasteiger partial charge is 0.497 e. The number of anilines is 2. The highest BCUT2D eigenvalue weighted by molar-refractivity contribution is 8.00. The van der Waals surface area contributed by atoms with Crippen LogP contribution < -0.4 is 19.8 Å². The van der Waals surface area contributed by atoms with Gasteiger partial charge in [0.1, 0.15) is 23.4 Å². The molecule has 6 rings (SSSR count). The standard InChI is InChI=1S/C29H21ClFN3O5S2/c1-39-20-12-8-18(9-13-20)32-21(35)14-33-28-25(41-29(33)38)22(15-2-6-17(31)7-3-15)23-24(40-28)27(37)34(26(23)36)19-10-4-16(30)5-11-19/h2-13,22-24H,14H2,1H3,(H,32,35)/t22-,23?,24?/m0/s1. The number of nitrogens with zero attached hydrogens (tertiary/aromatic N) is 2. The third kappa shape index (κ3) is 4.94. The molecule has 12 heteroatoms. The van der Waals surface area contributed by atoms with E-state index in [9.17, 15) is 23.6 Å². The van der Waals surface area contributed by atoms with E-state index in [0.717, 1.165) is 28.0 Å². The number of carbonyl (C=O) groups excluding carboxylic acids is 3. The predicted octanol–water partition coefficient (Wildman–Crippen LogP) is 5.15. The highest BCUT2D eigenvalue weighted by Gasteiger charge is 2.56. The van der Waals surface area contributed by atoms with E-state index >= 15 is 0 Å². The van der Waals surface area contributed by atoms with E-state index in [1.54, 1.807) is 67.8 Å².